The number of rotatable bonds is 6. The number of hydrogen-bond donors (Lipinski definition) is 2. The minimum Gasteiger partial charge on any atom is -0.392 e. The Morgan fingerprint density at radius 1 is 1.60 bits per heavy atom. The monoisotopic (exact) mass is 251 g/mol. The quantitative estimate of drug-likeness (QED) is 0.326. The van der Waals surface area contributed by atoms with Crippen LogP contribution >= 0.6 is 22.5 Å². The molecule has 5 heteroatoms. The number of likely N-dealkylation sites (tertiary alicyclic amines) is 1. The second-order valence-electron chi connectivity index (χ2n) is 4.44. The average Bonchev–Trinajstić information content (AvgIpc) is 2.59. The van der Waals surface area contributed by atoms with Gasteiger partial charge >= 0.3 is 0 Å². The van der Waals surface area contributed by atoms with Crippen LogP contribution < -0.4 is 0 Å². The lowest BCUT2D eigenvalue weighted by molar-refractivity contribution is 0.0474. The first-order valence-electron chi connectivity index (χ1n) is 5.40. The van der Waals surface area contributed by atoms with Crippen molar-refractivity contribution < 1.29 is 9.84 Å². The van der Waals surface area contributed by atoms with Gasteiger partial charge in [0.15, 0.2) is 0 Å². The molecular weight excluding hydrogens is 230 g/mol. The zero-order valence-electron chi connectivity index (χ0n) is 9.48. The van der Waals surface area contributed by atoms with Crippen LogP contribution in [-0.4, -0.2) is 47.3 Å². The maximum absolute atomic E-state index is 9.34. The van der Waals surface area contributed by atoms with Gasteiger partial charge in [0.05, 0.1) is 6.10 Å². The van der Waals surface area contributed by atoms with Crippen molar-refractivity contribution in [3.8, 4) is 0 Å². The minimum atomic E-state index is -0.201. The van der Waals surface area contributed by atoms with Gasteiger partial charge < -0.3 is 14.7 Å². The molecule has 1 heterocycles. The number of β-amino-alcohol motifs (C(OH)–C–C–N with tert-alkyl or cyclic N) is 1. The number of hydrogen-bond acceptors (Lipinski definition) is 5. The summed E-state index contributed by atoms with van der Waals surface area (Å²) in [7, 11) is 1.43. The first-order chi connectivity index (χ1) is 7.03. The molecule has 0 aliphatic carbocycles. The Bertz CT molecular complexity index is 190. The molecule has 1 atom stereocenters. The van der Waals surface area contributed by atoms with E-state index in [9.17, 15) is 5.11 Å². The summed E-state index contributed by atoms with van der Waals surface area (Å²) in [6.45, 7) is 7.66. The molecule has 3 nitrogen and oxygen atoms in total. The Kier molecular flexibility index (Phi) is 5.77. The van der Waals surface area contributed by atoms with Gasteiger partial charge in [-0.2, -0.15) is 0 Å². The highest BCUT2D eigenvalue weighted by Crippen LogP contribution is 2.28. The van der Waals surface area contributed by atoms with Crippen LogP contribution in [0.15, 0.2) is 0 Å². The molecule has 90 valence electrons. The summed E-state index contributed by atoms with van der Waals surface area (Å²) in [6.07, 6.45) is 1.82. The zero-order valence-corrected chi connectivity index (χ0v) is 11.2. The van der Waals surface area contributed by atoms with Gasteiger partial charge in [-0.25, -0.2) is 0 Å². The van der Waals surface area contributed by atoms with E-state index < -0.39 is 0 Å². The van der Waals surface area contributed by atoms with E-state index >= 15 is 0 Å². The molecule has 1 fully saturated rings. The third-order valence-electron chi connectivity index (χ3n) is 2.54. The fourth-order valence-electron chi connectivity index (χ4n) is 1.65. The van der Waals surface area contributed by atoms with Crippen LogP contribution in [0.4, 0.5) is 0 Å². The molecule has 0 bridgehead atoms. The van der Waals surface area contributed by atoms with Crippen molar-refractivity contribution in [3.63, 3.8) is 0 Å². The SMILES string of the molecule is CC(C)(OCCCN1CC[C@H](O)C1)SS. The molecule has 0 saturated carbocycles. The Balaban J connectivity index is 2.02. The number of aliphatic hydroxyl groups excluding tert-OH is 1. The second-order valence-corrected chi connectivity index (χ2v) is 6.15. The van der Waals surface area contributed by atoms with E-state index in [1.807, 2.05) is 13.8 Å². The Morgan fingerprint density at radius 3 is 2.87 bits per heavy atom. The van der Waals surface area contributed by atoms with Crippen molar-refractivity contribution >= 4 is 22.5 Å². The normalized spacial score (nSPS) is 23.6. The highest BCUT2D eigenvalue weighted by molar-refractivity contribution is 8.69. The Morgan fingerprint density at radius 2 is 2.33 bits per heavy atom. The van der Waals surface area contributed by atoms with Gasteiger partial charge in [-0.15, -0.1) is 11.7 Å². The molecule has 0 aromatic rings. The first kappa shape index (κ1) is 13.6. The molecule has 1 rings (SSSR count). The smallest absolute Gasteiger partial charge is 0.117 e. The highest BCUT2D eigenvalue weighted by atomic mass is 33.1. The molecular formula is C10H21NO2S2. The highest BCUT2D eigenvalue weighted by Gasteiger charge is 2.20. The summed E-state index contributed by atoms with van der Waals surface area (Å²) in [5.74, 6) is 0. The molecule has 0 aromatic heterocycles. The molecule has 1 aliphatic heterocycles. The molecule has 15 heavy (non-hydrogen) atoms. The summed E-state index contributed by atoms with van der Waals surface area (Å²) in [4.78, 5) is 2.09. The third kappa shape index (κ3) is 5.45. The number of thiol groups is 1. The summed E-state index contributed by atoms with van der Waals surface area (Å²) in [5, 5.41) is 9.34. The molecule has 0 aromatic carbocycles. The summed E-state index contributed by atoms with van der Waals surface area (Å²) in [5.41, 5.74) is 0. The molecule has 0 radical (unpaired) electrons. The predicted molar refractivity (Wildman–Crippen MR) is 68.3 cm³/mol. The van der Waals surface area contributed by atoms with Crippen molar-refractivity contribution in [2.45, 2.75) is 37.7 Å². The van der Waals surface area contributed by atoms with Gasteiger partial charge in [0.25, 0.3) is 0 Å². The van der Waals surface area contributed by atoms with Gasteiger partial charge in [0.2, 0.25) is 0 Å². The molecule has 0 amide bonds. The molecule has 1 saturated heterocycles. The zero-order chi connectivity index (χ0) is 11.3. The number of ether oxygens (including phenoxy) is 1. The molecule has 1 aliphatic rings. The van der Waals surface area contributed by atoms with Crippen LogP contribution in [0.25, 0.3) is 0 Å². The fraction of sp³-hybridized carbons (Fsp3) is 1.00. The lowest BCUT2D eigenvalue weighted by Crippen LogP contribution is -2.26. The van der Waals surface area contributed by atoms with E-state index in [1.165, 1.54) is 10.8 Å². The minimum absolute atomic E-state index is 0.115. The number of nitrogens with zero attached hydrogens (tertiary/aromatic N) is 1. The molecule has 1 N–H and O–H groups in total. The summed E-state index contributed by atoms with van der Waals surface area (Å²) in [6, 6.07) is 0. The van der Waals surface area contributed by atoms with E-state index in [0.29, 0.717) is 0 Å². The van der Waals surface area contributed by atoms with Crippen molar-refractivity contribution in [3.05, 3.63) is 0 Å². The van der Waals surface area contributed by atoms with Gasteiger partial charge in [0, 0.05) is 26.2 Å². The average molecular weight is 251 g/mol. The summed E-state index contributed by atoms with van der Waals surface area (Å²) < 4.78 is 5.66. The van der Waals surface area contributed by atoms with Crippen LogP contribution in [0.1, 0.15) is 26.7 Å². The van der Waals surface area contributed by atoms with Crippen molar-refractivity contribution in [2.24, 2.45) is 0 Å². The van der Waals surface area contributed by atoms with E-state index in [0.717, 1.165) is 39.1 Å². The van der Waals surface area contributed by atoms with E-state index in [1.54, 1.807) is 0 Å². The van der Waals surface area contributed by atoms with Crippen LogP contribution in [0.3, 0.4) is 0 Å². The van der Waals surface area contributed by atoms with Crippen molar-refractivity contribution in [1.82, 2.24) is 4.90 Å². The van der Waals surface area contributed by atoms with Crippen molar-refractivity contribution in [1.29, 1.82) is 0 Å². The predicted octanol–water partition coefficient (Wildman–Crippen LogP) is 1.77. The largest absolute Gasteiger partial charge is 0.392 e. The lowest BCUT2D eigenvalue weighted by atomic mass is 10.3. The standard InChI is InChI=1S/C10H21NO2S2/c1-10(2,15-14)13-7-3-5-11-6-4-9(12)8-11/h9,12,14H,3-8H2,1-2H3/t9-/m0/s1. The van der Waals surface area contributed by atoms with E-state index in [4.69, 9.17) is 4.74 Å². The fourth-order valence-corrected chi connectivity index (χ4v) is 1.94. The van der Waals surface area contributed by atoms with Crippen LogP contribution in [0, 0.1) is 0 Å². The molecule has 0 unspecified atom stereocenters. The van der Waals surface area contributed by atoms with Crippen LogP contribution in [0.5, 0.6) is 0 Å². The summed E-state index contributed by atoms with van der Waals surface area (Å²) >= 11 is 4.15. The van der Waals surface area contributed by atoms with Crippen molar-refractivity contribution in [2.75, 3.05) is 26.2 Å². The maximum Gasteiger partial charge on any atom is 0.117 e. The second kappa shape index (κ2) is 6.35. The molecule has 0 spiro atoms. The topological polar surface area (TPSA) is 32.7 Å². The van der Waals surface area contributed by atoms with E-state index in [2.05, 4.69) is 16.6 Å². The van der Waals surface area contributed by atoms with Gasteiger partial charge in [-0.1, -0.05) is 10.8 Å². The Hall–Kier alpha value is 0.580. The first-order valence-corrected chi connectivity index (χ1v) is 7.27. The third-order valence-corrected chi connectivity index (χ3v) is 4.41. The van der Waals surface area contributed by atoms with Gasteiger partial charge in [0.1, 0.15) is 4.93 Å². The lowest BCUT2D eigenvalue weighted by Gasteiger charge is -2.22. The Labute approximate surface area is 101 Å². The van der Waals surface area contributed by atoms with E-state index in [-0.39, 0.29) is 11.0 Å². The maximum atomic E-state index is 9.34. The van der Waals surface area contributed by atoms with Crippen LogP contribution in [-0.2, 0) is 4.74 Å². The van der Waals surface area contributed by atoms with Gasteiger partial charge in [-0.3, -0.25) is 0 Å². The van der Waals surface area contributed by atoms with Crippen LogP contribution in [0.2, 0.25) is 0 Å². The van der Waals surface area contributed by atoms with Gasteiger partial charge in [-0.05, 0) is 26.7 Å². The number of aliphatic hydroxyl groups is 1.